The number of nitrogens with zero attached hydrogens (tertiary/aromatic N) is 4. The molecular formula is C23H19N5O. The number of fused-ring (bicyclic) bond motifs is 2. The molecule has 0 saturated heterocycles. The van der Waals surface area contributed by atoms with Crippen molar-refractivity contribution in [2.45, 2.75) is 13.1 Å². The van der Waals surface area contributed by atoms with E-state index in [4.69, 9.17) is 0 Å². The molecule has 29 heavy (non-hydrogen) atoms. The molecular weight excluding hydrogens is 362 g/mol. The number of anilines is 3. The molecule has 6 nitrogen and oxygen atoms in total. The van der Waals surface area contributed by atoms with Crippen molar-refractivity contribution in [2.24, 2.45) is 0 Å². The van der Waals surface area contributed by atoms with Crippen LogP contribution in [0.1, 0.15) is 21.6 Å². The number of amides is 1. The maximum absolute atomic E-state index is 13.3. The van der Waals surface area contributed by atoms with Gasteiger partial charge in [0.2, 0.25) is 0 Å². The summed E-state index contributed by atoms with van der Waals surface area (Å²) in [5.41, 5.74) is 5.05. The summed E-state index contributed by atoms with van der Waals surface area (Å²) in [4.78, 5) is 15.1. The average molecular weight is 381 g/mol. The van der Waals surface area contributed by atoms with Crippen molar-refractivity contribution >= 4 is 23.0 Å². The highest BCUT2D eigenvalue weighted by molar-refractivity contribution is 6.13. The molecule has 6 heteroatoms. The Labute approximate surface area is 168 Å². The van der Waals surface area contributed by atoms with Crippen LogP contribution in [0.15, 0.2) is 85.1 Å². The lowest BCUT2D eigenvalue weighted by molar-refractivity contribution is 0.0986. The lowest BCUT2D eigenvalue weighted by atomic mass is 10.1. The maximum Gasteiger partial charge on any atom is 0.260 e. The Kier molecular flexibility index (Phi) is 4.29. The third kappa shape index (κ3) is 3.36. The van der Waals surface area contributed by atoms with E-state index in [0.717, 1.165) is 28.3 Å². The molecule has 5 rings (SSSR count). The predicted molar refractivity (Wildman–Crippen MR) is 112 cm³/mol. The Hall–Kier alpha value is -3.93. The van der Waals surface area contributed by atoms with E-state index in [9.17, 15) is 4.79 Å². The number of carbonyl (C=O) groups is 1. The van der Waals surface area contributed by atoms with Crippen LogP contribution in [0.25, 0.3) is 0 Å². The van der Waals surface area contributed by atoms with Gasteiger partial charge in [-0.3, -0.25) is 4.79 Å². The SMILES string of the molecule is O=C1c2ccccc2Nc2ccccc2N1Cc1cn(Cc2ccccc2)nn1. The number of benzene rings is 3. The van der Waals surface area contributed by atoms with E-state index in [1.165, 1.54) is 0 Å². The Morgan fingerprint density at radius 2 is 1.52 bits per heavy atom. The van der Waals surface area contributed by atoms with Crippen molar-refractivity contribution in [1.29, 1.82) is 0 Å². The van der Waals surface area contributed by atoms with Crippen molar-refractivity contribution in [2.75, 3.05) is 10.2 Å². The van der Waals surface area contributed by atoms with Crippen LogP contribution >= 0.6 is 0 Å². The highest BCUT2D eigenvalue weighted by Crippen LogP contribution is 2.36. The fraction of sp³-hybridized carbons (Fsp3) is 0.0870. The summed E-state index contributed by atoms with van der Waals surface area (Å²) in [5, 5.41) is 11.9. The Morgan fingerprint density at radius 1 is 0.793 bits per heavy atom. The van der Waals surface area contributed by atoms with Crippen LogP contribution in [0.3, 0.4) is 0 Å². The van der Waals surface area contributed by atoms with E-state index in [2.05, 4.69) is 27.8 Å². The lowest BCUT2D eigenvalue weighted by Gasteiger charge is -2.21. The highest BCUT2D eigenvalue weighted by atomic mass is 16.2. The molecule has 142 valence electrons. The van der Waals surface area contributed by atoms with Gasteiger partial charge in [0.1, 0.15) is 5.69 Å². The number of aromatic nitrogens is 3. The van der Waals surface area contributed by atoms with E-state index in [0.29, 0.717) is 18.7 Å². The molecule has 4 aromatic rings. The number of para-hydroxylation sites is 3. The zero-order chi connectivity index (χ0) is 19.6. The van der Waals surface area contributed by atoms with Crippen LogP contribution in [0, 0.1) is 0 Å². The van der Waals surface area contributed by atoms with Crippen molar-refractivity contribution in [3.8, 4) is 0 Å². The topological polar surface area (TPSA) is 63.1 Å². The van der Waals surface area contributed by atoms with Crippen LogP contribution in [-0.4, -0.2) is 20.9 Å². The van der Waals surface area contributed by atoms with E-state index in [-0.39, 0.29) is 5.91 Å². The molecule has 1 aliphatic rings. The first-order chi connectivity index (χ1) is 14.3. The second-order valence-corrected chi connectivity index (χ2v) is 6.97. The fourth-order valence-electron chi connectivity index (χ4n) is 3.57. The van der Waals surface area contributed by atoms with E-state index >= 15 is 0 Å². The lowest BCUT2D eigenvalue weighted by Crippen LogP contribution is -2.30. The molecule has 0 atom stereocenters. The molecule has 3 aromatic carbocycles. The minimum Gasteiger partial charge on any atom is -0.353 e. The molecule has 0 saturated carbocycles. The predicted octanol–water partition coefficient (Wildman–Crippen LogP) is 4.23. The summed E-state index contributed by atoms with van der Waals surface area (Å²) in [7, 11) is 0. The van der Waals surface area contributed by atoms with Gasteiger partial charge in [0.05, 0.1) is 41.9 Å². The van der Waals surface area contributed by atoms with Gasteiger partial charge in [-0.25, -0.2) is 4.68 Å². The maximum atomic E-state index is 13.3. The van der Waals surface area contributed by atoms with E-state index in [1.807, 2.05) is 72.9 Å². The molecule has 0 aliphatic carbocycles. The first kappa shape index (κ1) is 17.2. The van der Waals surface area contributed by atoms with Gasteiger partial charge in [-0.15, -0.1) is 5.10 Å². The van der Waals surface area contributed by atoms with Crippen LogP contribution in [0.2, 0.25) is 0 Å². The van der Waals surface area contributed by atoms with Crippen LogP contribution < -0.4 is 10.2 Å². The minimum atomic E-state index is -0.0596. The molecule has 1 aliphatic heterocycles. The fourth-order valence-corrected chi connectivity index (χ4v) is 3.57. The van der Waals surface area contributed by atoms with Crippen LogP contribution in [-0.2, 0) is 13.1 Å². The normalized spacial score (nSPS) is 12.7. The van der Waals surface area contributed by atoms with Crippen LogP contribution in [0.5, 0.6) is 0 Å². The van der Waals surface area contributed by atoms with Gasteiger partial charge in [0.25, 0.3) is 5.91 Å². The molecule has 0 fully saturated rings. The summed E-state index contributed by atoms with van der Waals surface area (Å²) < 4.78 is 1.80. The zero-order valence-corrected chi connectivity index (χ0v) is 15.7. The molecule has 0 unspecified atom stereocenters. The first-order valence-electron chi connectivity index (χ1n) is 9.48. The molecule has 0 bridgehead atoms. The van der Waals surface area contributed by atoms with Crippen molar-refractivity contribution < 1.29 is 4.79 Å². The van der Waals surface area contributed by atoms with Crippen molar-refractivity contribution in [3.05, 3.63) is 102 Å². The summed E-state index contributed by atoms with van der Waals surface area (Å²) in [6.07, 6.45) is 1.90. The largest absolute Gasteiger partial charge is 0.353 e. The van der Waals surface area contributed by atoms with Gasteiger partial charge in [-0.1, -0.05) is 59.8 Å². The van der Waals surface area contributed by atoms with Crippen molar-refractivity contribution in [3.63, 3.8) is 0 Å². The Balaban J connectivity index is 1.47. The van der Waals surface area contributed by atoms with Gasteiger partial charge in [0.15, 0.2) is 0 Å². The molecule has 2 heterocycles. The quantitative estimate of drug-likeness (QED) is 0.575. The van der Waals surface area contributed by atoms with E-state index < -0.39 is 0 Å². The number of carbonyl (C=O) groups excluding carboxylic acids is 1. The smallest absolute Gasteiger partial charge is 0.260 e. The van der Waals surface area contributed by atoms with Gasteiger partial charge in [0, 0.05) is 0 Å². The van der Waals surface area contributed by atoms with Gasteiger partial charge in [-0.05, 0) is 29.8 Å². The number of hydrogen-bond acceptors (Lipinski definition) is 4. The molecule has 1 amide bonds. The molecule has 1 aromatic heterocycles. The third-order valence-corrected chi connectivity index (χ3v) is 4.96. The van der Waals surface area contributed by atoms with E-state index in [1.54, 1.807) is 9.58 Å². The van der Waals surface area contributed by atoms with Gasteiger partial charge >= 0.3 is 0 Å². The van der Waals surface area contributed by atoms with Gasteiger partial charge < -0.3 is 10.2 Å². The van der Waals surface area contributed by atoms with Crippen molar-refractivity contribution in [1.82, 2.24) is 15.0 Å². The molecule has 1 N–H and O–H groups in total. The highest BCUT2D eigenvalue weighted by Gasteiger charge is 2.27. The summed E-state index contributed by atoms with van der Waals surface area (Å²) in [5.74, 6) is -0.0596. The summed E-state index contributed by atoms with van der Waals surface area (Å²) in [6, 6.07) is 25.5. The molecule has 0 radical (unpaired) electrons. The average Bonchev–Trinajstić information content (AvgIpc) is 3.15. The van der Waals surface area contributed by atoms with Crippen LogP contribution in [0.4, 0.5) is 17.1 Å². The second-order valence-electron chi connectivity index (χ2n) is 6.97. The Morgan fingerprint density at radius 3 is 2.38 bits per heavy atom. The Bertz CT molecular complexity index is 1170. The minimum absolute atomic E-state index is 0.0596. The number of rotatable bonds is 4. The third-order valence-electron chi connectivity index (χ3n) is 4.96. The summed E-state index contributed by atoms with van der Waals surface area (Å²) in [6.45, 7) is 0.989. The monoisotopic (exact) mass is 381 g/mol. The van der Waals surface area contributed by atoms with Gasteiger partial charge in [-0.2, -0.15) is 0 Å². The zero-order valence-electron chi connectivity index (χ0n) is 15.7. The number of hydrogen-bond donors (Lipinski definition) is 1. The second kappa shape index (κ2) is 7.24. The summed E-state index contributed by atoms with van der Waals surface area (Å²) >= 11 is 0. The number of nitrogens with one attached hydrogen (secondary N) is 1. The standard InChI is InChI=1S/C23H19N5O/c29-23-19-10-4-5-11-20(19)24-21-12-6-7-13-22(21)28(23)16-18-15-27(26-25-18)14-17-8-2-1-3-9-17/h1-13,15,24H,14,16H2. The molecule has 0 spiro atoms. The first-order valence-corrected chi connectivity index (χ1v) is 9.48.